The van der Waals surface area contributed by atoms with Crippen LogP contribution in [-0.2, 0) is 16.1 Å². The van der Waals surface area contributed by atoms with E-state index in [0.717, 1.165) is 28.7 Å². The predicted molar refractivity (Wildman–Crippen MR) is 123 cm³/mol. The highest BCUT2D eigenvalue weighted by Crippen LogP contribution is 2.35. The molecular weight excluding hydrogens is 424 g/mol. The number of carbonyl (C=O) groups is 2. The van der Waals surface area contributed by atoms with E-state index in [1.54, 1.807) is 13.2 Å². The topological polar surface area (TPSA) is 84.4 Å². The molecule has 0 saturated heterocycles. The van der Waals surface area contributed by atoms with E-state index in [4.69, 9.17) is 4.74 Å². The Morgan fingerprint density at radius 1 is 0.938 bits per heavy atom. The lowest BCUT2D eigenvalue weighted by Gasteiger charge is -2.15. The normalized spacial score (nSPS) is 13.7. The van der Waals surface area contributed by atoms with Gasteiger partial charge in [0.25, 0.3) is 11.8 Å². The van der Waals surface area contributed by atoms with Crippen molar-refractivity contribution in [3.63, 3.8) is 0 Å². The fraction of sp³-hybridized carbons (Fsp3) is 0.167. The minimum absolute atomic E-state index is 0.180. The molecule has 162 valence electrons. The van der Waals surface area contributed by atoms with Crippen molar-refractivity contribution < 1.29 is 14.3 Å². The summed E-state index contributed by atoms with van der Waals surface area (Å²) in [6.45, 7) is 3.91. The number of amides is 2. The van der Waals surface area contributed by atoms with Crippen LogP contribution >= 0.6 is 11.8 Å². The quantitative estimate of drug-likeness (QED) is 0.432. The summed E-state index contributed by atoms with van der Waals surface area (Å²) in [5.74, 6) is -0.133. The van der Waals surface area contributed by atoms with Crippen LogP contribution in [0.5, 0.6) is 5.75 Å². The average Bonchev–Trinajstić information content (AvgIpc) is 2.98. The molecule has 2 heterocycles. The molecule has 3 aromatic rings. The van der Waals surface area contributed by atoms with Crippen molar-refractivity contribution in [2.24, 2.45) is 0 Å². The molecule has 2 amide bonds. The summed E-state index contributed by atoms with van der Waals surface area (Å²) in [4.78, 5) is 37.0. The van der Waals surface area contributed by atoms with E-state index in [1.807, 2.05) is 68.4 Å². The lowest BCUT2D eigenvalue weighted by Crippen LogP contribution is -2.31. The number of carbonyl (C=O) groups excluding carboxylic acids is 2. The third-order valence-electron chi connectivity index (χ3n) is 4.80. The van der Waals surface area contributed by atoms with Crippen LogP contribution < -0.4 is 10.1 Å². The summed E-state index contributed by atoms with van der Waals surface area (Å²) in [5.41, 5.74) is 3.29. The maximum absolute atomic E-state index is 13.3. The molecule has 0 radical (unpaired) electrons. The van der Waals surface area contributed by atoms with E-state index in [2.05, 4.69) is 15.3 Å². The van der Waals surface area contributed by atoms with Gasteiger partial charge >= 0.3 is 0 Å². The molecule has 2 aromatic carbocycles. The predicted octanol–water partition coefficient (Wildman–Crippen LogP) is 4.09. The van der Waals surface area contributed by atoms with Crippen LogP contribution in [0.15, 0.2) is 76.4 Å². The fourth-order valence-corrected chi connectivity index (χ4v) is 4.34. The second kappa shape index (κ2) is 9.23. The highest BCUT2D eigenvalue weighted by atomic mass is 32.2. The van der Waals surface area contributed by atoms with Gasteiger partial charge in [-0.15, -0.1) is 0 Å². The van der Waals surface area contributed by atoms with E-state index in [-0.39, 0.29) is 23.1 Å². The molecule has 4 rings (SSSR count). The van der Waals surface area contributed by atoms with Crippen molar-refractivity contribution in [2.45, 2.75) is 25.5 Å². The minimum atomic E-state index is -0.395. The van der Waals surface area contributed by atoms with E-state index in [9.17, 15) is 9.59 Å². The molecule has 0 saturated carbocycles. The van der Waals surface area contributed by atoms with E-state index in [0.29, 0.717) is 16.6 Å². The summed E-state index contributed by atoms with van der Waals surface area (Å²) in [6, 6.07) is 18.5. The van der Waals surface area contributed by atoms with E-state index < -0.39 is 5.91 Å². The van der Waals surface area contributed by atoms with Crippen LogP contribution in [-0.4, -0.2) is 33.8 Å². The summed E-state index contributed by atoms with van der Waals surface area (Å²) in [7, 11) is 1.57. The number of aromatic nitrogens is 2. The maximum Gasteiger partial charge on any atom is 0.278 e. The van der Waals surface area contributed by atoms with Crippen molar-refractivity contribution >= 4 is 29.3 Å². The number of hydrogen-bond acceptors (Lipinski definition) is 7. The van der Waals surface area contributed by atoms with Gasteiger partial charge in [-0.1, -0.05) is 36.4 Å². The Morgan fingerprint density at radius 3 is 2.34 bits per heavy atom. The number of imide groups is 1. The molecule has 8 heteroatoms. The molecule has 32 heavy (non-hydrogen) atoms. The third-order valence-corrected chi connectivity index (χ3v) is 5.75. The Kier molecular flexibility index (Phi) is 6.23. The molecule has 0 atom stereocenters. The Morgan fingerprint density at radius 2 is 1.66 bits per heavy atom. The average molecular weight is 447 g/mol. The Balaban J connectivity index is 1.70. The van der Waals surface area contributed by atoms with Crippen LogP contribution in [0.2, 0.25) is 0 Å². The smallest absolute Gasteiger partial charge is 0.278 e. The molecule has 0 aliphatic carbocycles. The molecule has 7 nitrogen and oxygen atoms in total. The number of aryl methyl sites for hydroxylation is 2. The van der Waals surface area contributed by atoms with Crippen molar-refractivity contribution in [3.8, 4) is 5.75 Å². The van der Waals surface area contributed by atoms with Gasteiger partial charge in [0.15, 0.2) is 5.16 Å². The summed E-state index contributed by atoms with van der Waals surface area (Å²) < 4.78 is 5.27. The number of ether oxygens (including phenoxy) is 1. The third kappa shape index (κ3) is 4.65. The first-order chi connectivity index (χ1) is 15.4. The zero-order valence-electron chi connectivity index (χ0n) is 18.0. The van der Waals surface area contributed by atoms with Gasteiger partial charge in [-0.25, -0.2) is 9.97 Å². The number of hydrogen-bond donors (Lipinski definition) is 1. The molecule has 0 unspecified atom stereocenters. The zero-order chi connectivity index (χ0) is 22.7. The van der Waals surface area contributed by atoms with Crippen LogP contribution in [0, 0.1) is 13.8 Å². The summed E-state index contributed by atoms with van der Waals surface area (Å²) in [6.07, 6.45) is 0. The Bertz CT molecular complexity index is 1190. The van der Waals surface area contributed by atoms with E-state index in [1.165, 1.54) is 4.90 Å². The zero-order valence-corrected chi connectivity index (χ0v) is 18.8. The fourth-order valence-electron chi connectivity index (χ4n) is 3.34. The van der Waals surface area contributed by atoms with Crippen LogP contribution in [0.4, 0.5) is 5.69 Å². The van der Waals surface area contributed by atoms with Crippen LogP contribution in [0.3, 0.4) is 0 Å². The minimum Gasteiger partial charge on any atom is -0.497 e. The molecule has 1 aliphatic heterocycles. The number of thioether (sulfide) groups is 1. The van der Waals surface area contributed by atoms with E-state index >= 15 is 0 Å². The first-order valence-corrected chi connectivity index (χ1v) is 10.8. The van der Waals surface area contributed by atoms with Crippen LogP contribution in [0.25, 0.3) is 0 Å². The van der Waals surface area contributed by atoms with Gasteiger partial charge in [0, 0.05) is 23.1 Å². The first-order valence-electron chi connectivity index (χ1n) is 10.00. The van der Waals surface area contributed by atoms with Gasteiger partial charge in [-0.05, 0) is 49.4 Å². The lowest BCUT2D eigenvalue weighted by atomic mass is 10.2. The Labute approximate surface area is 190 Å². The van der Waals surface area contributed by atoms with Crippen LogP contribution in [0.1, 0.15) is 17.0 Å². The second-order valence-electron chi connectivity index (χ2n) is 7.28. The van der Waals surface area contributed by atoms with Gasteiger partial charge in [-0.2, -0.15) is 0 Å². The van der Waals surface area contributed by atoms with Gasteiger partial charge in [0.05, 0.1) is 13.7 Å². The number of rotatable bonds is 7. The van der Waals surface area contributed by atoms with Gasteiger partial charge in [0.1, 0.15) is 16.4 Å². The van der Waals surface area contributed by atoms with Gasteiger partial charge in [0.2, 0.25) is 0 Å². The molecule has 1 aliphatic rings. The number of nitrogens with one attached hydrogen (secondary N) is 1. The summed E-state index contributed by atoms with van der Waals surface area (Å²) >= 11 is 1.09. The molecule has 0 spiro atoms. The molecule has 1 aromatic heterocycles. The molecular formula is C24H22N4O3S. The highest BCUT2D eigenvalue weighted by molar-refractivity contribution is 8.04. The number of benzene rings is 2. The lowest BCUT2D eigenvalue weighted by molar-refractivity contribution is -0.137. The van der Waals surface area contributed by atoms with Gasteiger partial charge in [-0.3, -0.25) is 14.5 Å². The van der Waals surface area contributed by atoms with Gasteiger partial charge < -0.3 is 10.1 Å². The molecule has 0 fully saturated rings. The Hall–Kier alpha value is -3.65. The number of methoxy groups -OCH3 is 1. The van der Waals surface area contributed by atoms with Crippen molar-refractivity contribution in [2.75, 3.05) is 12.4 Å². The highest BCUT2D eigenvalue weighted by Gasteiger charge is 2.39. The van der Waals surface area contributed by atoms with Crippen molar-refractivity contribution in [1.82, 2.24) is 14.9 Å². The largest absolute Gasteiger partial charge is 0.497 e. The van der Waals surface area contributed by atoms with Crippen molar-refractivity contribution in [1.29, 1.82) is 0 Å². The molecule has 1 N–H and O–H groups in total. The SMILES string of the molecule is COc1cccc(NC2=C(Sc3nc(C)cc(C)n3)C(=O)N(Cc3ccccc3)C2=O)c1. The first kappa shape index (κ1) is 21.6. The summed E-state index contributed by atoms with van der Waals surface area (Å²) in [5, 5.41) is 3.54. The monoisotopic (exact) mass is 446 g/mol. The maximum atomic E-state index is 13.3. The second-order valence-corrected chi connectivity index (χ2v) is 8.26. The van der Waals surface area contributed by atoms with Crippen molar-refractivity contribution in [3.05, 3.63) is 88.2 Å². The number of nitrogens with zero attached hydrogens (tertiary/aromatic N) is 3. The number of anilines is 1. The molecule has 0 bridgehead atoms. The standard InChI is InChI=1S/C24H22N4O3S/c1-15-12-16(2)26-24(25-15)32-21-20(27-18-10-7-11-19(13-18)31-3)22(29)28(23(21)30)14-17-8-5-4-6-9-17/h4-13,27H,14H2,1-3H3.